The standard InChI is InChI=1S/C12H17Cl2NO/c1-8(2)4-3-5-16-12-10(13)6-9(15)7-11(12)14/h6-8H,3-5,15H2,1-2H3. The monoisotopic (exact) mass is 261 g/mol. The Morgan fingerprint density at radius 1 is 1.25 bits per heavy atom. The van der Waals surface area contributed by atoms with E-state index in [0.717, 1.165) is 12.8 Å². The normalized spacial score (nSPS) is 10.8. The highest BCUT2D eigenvalue weighted by Crippen LogP contribution is 2.35. The molecular formula is C12H17Cl2NO. The van der Waals surface area contributed by atoms with Gasteiger partial charge in [0.1, 0.15) is 0 Å². The summed E-state index contributed by atoms with van der Waals surface area (Å²) in [6.07, 6.45) is 2.12. The predicted molar refractivity (Wildman–Crippen MR) is 70.4 cm³/mol. The van der Waals surface area contributed by atoms with Gasteiger partial charge in [-0.2, -0.15) is 0 Å². The van der Waals surface area contributed by atoms with Crippen LogP contribution in [0, 0.1) is 5.92 Å². The molecule has 0 amide bonds. The van der Waals surface area contributed by atoms with E-state index < -0.39 is 0 Å². The Morgan fingerprint density at radius 3 is 2.31 bits per heavy atom. The molecule has 0 aliphatic rings. The number of hydrogen-bond donors (Lipinski definition) is 1. The molecule has 0 fully saturated rings. The van der Waals surface area contributed by atoms with Crippen LogP contribution in [0.1, 0.15) is 26.7 Å². The lowest BCUT2D eigenvalue weighted by atomic mass is 10.1. The van der Waals surface area contributed by atoms with Gasteiger partial charge in [-0.25, -0.2) is 0 Å². The second kappa shape index (κ2) is 6.21. The fraction of sp³-hybridized carbons (Fsp3) is 0.500. The smallest absolute Gasteiger partial charge is 0.156 e. The Hall–Kier alpha value is -0.600. The molecule has 0 bridgehead atoms. The van der Waals surface area contributed by atoms with E-state index in [2.05, 4.69) is 13.8 Å². The van der Waals surface area contributed by atoms with Gasteiger partial charge in [0.2, 0.25) is 0 Å². The van der Waals surface area contributed by atoms with Gasteiger partial charge in [0.05, 0.1) is 16.7 Å². The van der Waals surface area contributed by atoms with Crippen molar-refractivity contribution in [3.05, 3.63) is 22.2 Å². The maximum absolute atomic E-state index is 5.99. The van der Waals surface area contributed by atoms with Gasteiger partial charge in [-0.05, 0) is 30.9 Å². The summed E-state index contributed by atoms with van der Waals surface area (Å²) in [7, 11) is 0. The molecule has 0 heterocycles. The molecule has 1 aromatic carbocycles. The molecule has 2 N–H and O–H groups in total. The van der Waals surface area contributed by atoms with Crippen molar-refractivity contribution < 1.29 is 4.74 Å². The van der Waals surface area contributed by atoms with Crippen LogP contribution in [-0.4, -0.2) is 6.61 Å². The number of halogens is 2. The van der Waals surface area contributed by atoms with Crippen LogP contribution in [0.3, 0.4) is 0 Å². The minimum absolute atomic E-state index is 0.467. The third-order valence-electron chi connectivity index (χ3n) is 2.19. The van der Waals surface area contributed by atoms with Gasteiger partial charge < -0.3 is 10.5 Å². The second-order valence-electron chi connectivity index (χ2n) is 4.20. The zero-order valence-corrected chi connectivity index (χ0v) is 11.1. The van der Waals surface area contributed by atoms with Crippen molar-refractivity contribution >= 4 is 28.9 Å². The van der Waals surface area contributed by atoms with E-state index in [9.17, 15) is 0 Å². The number of hydrogen-bond acceptors (Lipinski definition) is 2. The van der Waals surface area contributed by atoms with Crippen molar-refractivity contribution in [2.45, 2.75) is 26.7 Å². The van der Waals surface area contributed by atoms with Crippen molar-refractivity contribution in [3.63, 3.8) is 0 Å². The number of ether oxygens (including phenoxy) is 1. The van der Waals surface area contributed by atoms with E-state index in [0.29, 0.717) is 34.0 Å². The molecule has 0 radical (unpaired) electrons. The van der Waals surface area contributed by atoms with E-state index in [4.69, 9.17) is 33.7 Å². The fourth-order valence-corrected chi connectivity index (χ4v) is 2.00. The van der Waals surface area contributed by atoms with Crippen LogP contribution in [0.2, 0.25) is 10.0 Å². The molecule has 0 unspecified atom stereocenters. The molecule has 0 aliphatic heterocycles. The van der Waals surface area contributed by atoms with Crippen molar-refractivity contribution in [2.24, 2.45) is 5.92 Å². The molecule has 1 aromatic rings. The summed E-state index contributed by atoms with van der Waals surface area (Å²) in [6.45, 7) is 4.99. The number of nitrogens with two attached hydrogens (primary N) is 1. The zero-order valence-electron chi connectivity index (χ0n) is 9.59. The maximum atomic E-state index is 5.99. The minimum atomic E-state index is 0.467. The predicted octanol–water partition coefficient (Wildman–Crippen LogP) is 4.39. The number of nitrogen functional groups attached to an aromatic ring is 1. The molecule has 0 saturated carbocycles. The van der Waals surface area contributed by atoms with Crippen molar-refractivity contribution in [1.82, 2.24) is 0 Å². The first-order valence-electron chi connectivity index (χ1n) is 5.38. The Bertz CT molecular complexity index is 330. The van der Waals surface area contributed by atoms with Gasteiger partial charge in [-0.15, -0.1) is 0 Å². The van der Waals surface area contributed by atoms with Crippen LogP contribution in [0.4, 0.5) is 5.69 Å². The van der Waals surface area contributed by atoms with Crippen LogP contribution in [0.25, 0.3) is 0 Å². The third kappa shape index (κ3) is 4.11. The van der Waals surface area contributed by atoms with Gasteiger partial charge in [-0.1, -0.05) is 37.0 Å². The Balaban J connectivity index is 2.54. The quantitative estimate of drug-likeness (QED) is 0.630. The van der Waals surface area contributed by atoms with Crippen LogP contribution in [-0.2, 0) is 0 Å². The molecule has 90 valence electrons. The summed E-state index contributed by atoms with van der Waals surface area (Å²) in [5.41, 5.74) is 6.14. The summed E-state index contributed by atoms with van der Waals surface area (Å²) in [5.74, 6) is 1.21. The molecule has 1 rings (SSSR count). The highest BCUT2D eigenvalue weighted by Gasteiger charge is 2.08. The molecule has 0 aromatic heterocycles. The molecule has 0 saturated heterocycles. The average molecular weight is 262 g/mol. The average Bonchev–Trinajstić information content (AvgIpc) is 2.14. The maximum Gasteiger partial charge on any atom is 0.156 e. The minimum Gasteiger partial charge on any atom is -0.490 e. The number of rotatable bonds is 5. The lowest BCUT2D eigenvalue weighted by Crippen LogP contribution is -2.01. The first-order chi connectivity index (χ1) is 7.50. The lowest BCUT2D eigenvalue weighted by Gasteiger charge is -2.11. The van der Waals surface area contributed by atoms with E-state index in [1.165, 1.54) is 0 Å². The van der Waals surface area contributed by atoms with Crippen molar-refractivity contribution in [1.29, 1.82) is 0 Å². The summed E-state index contributed by atoms with van der Waals surface area (Å²) in [4.78, 5) is 0. The van der Waals surface area contributed by atoms with E-state index >= 15 is 0 Å². The molecule has 0 aliphatic carbocycles. The second-order valence-corrected chi connectivity index (χ2v) is 5.01. The van der Waals surface area contributed by atoms with Gasteiger partial charge >= 0.3 is 0 Å². The first-order valence-corrected chi connectivity index (χ1v) is 6.13. The molecular weight excluding hydrogens is 245 g/mol. The lowest BCUT2D eigenvalue weighted by molar-refractivity contribution is 0.298. The fourth-order valence-electron chi connectivity index (χ4n) is 1.38. The van der Waals surface area contributed by atoms with Crippen molar-refractivity contribution in [2.75, 3.05) is 12.3 Å². The highest BCUT2D eigenvalue weighted by atomic mass is 35.5. The SMILES string of the molecule is CC(C)CCCOc1c(Cl)cc(N)cc1Cl. The highest BCUT2D eigenvalue weighted by molar-refractivity contribution is 6.37. The van der Waals surface area contributed by atoms with Crippen LogP contribution in [0.15, 0.2) is 12.1 Å². The van der Waals surface area contributed by atoms with Gasteiger partial charge in [0.15, 0.2) is 5.75 Å². The van der Waals surface area contributed by atoms with Crippen molar-refractivity contribution in [3.8, 4) is 5.75 Å². The van der Waals surface area contributed by atoms with Gasteiger partial charge in [0.25, 0.3) is 0 Å². The summed E-state index contributed by atoms with van der Waals surface area (Å²) in [5, 5.41) is 0.934. The van der Waals surface area contributed by atoms with Gasteiger partial charge in [0, 0.05) is 5.69 Å². The largest absolute Gasteiger partial charge is 0.490 e. The van der Waals surface area contributed by atoms with E-state index in [-0.39, 0.29) is 0 Å². The zero-order chi connectivity index (χ0) is 12.1. The van der Waals surface area contributed by atoms with Crippen LogP contribution in [0.5, 0.6) is 5.75 Å². The van der Waals surface area contributed by atoms with Crippen LogP contribution >= 0.6 is 23.2 Å². The molecule has 16 heavy (non-hydrogen) atoms. The Kier molecular flexibility index (Phi) is 5.23. The molecule has 0 atom stereocenters. The molecule has 2 nitrogen and oxygen atoms in total. The van der Waals surface area contributed by atoms with Gasteiger partial charge in [-0.3, -0.25) is 0 Å². The number of benzene rings is 1. The summed E-state index contributed by atoms with van der Waals surface area (Å²) in [6, 6.07) is 3.29. The Labute approximate surface area is 107 Å². The van der Waals surface area contributed by atoms with Crippen LogP contribution < -0.4 is 10.5 Å². The molecule has 4 heteroatoms. The summed E-state index contributed by atoms with van der Waals surface area (Å²) < 4.78 is 5.55. The number of anilines is 1. The van der Waals surface area contributed by atoms with E-state index in [1.54, 1.807) is 12.1 Å². The summed E-state index contributed by atoms with van der Waals surface area (Å²) >= 11 is 12.0. The Morgan fingerprint density at radius 2 is 1.81 bits per heavy atom. The topological polar surface area (TPSA) is 35.2 Å². The van der Waals surface area contributed by atoms with E-state index in [1.807, 2.05) is 0 Å². The third-order valence-corrected chi connectivity index (χ3v) is 2.75. The molecule has 0 spiro atoms. The first kappa shape index (κ1) is 13.5.